The van der Waals surface area contributed by atoms with Crippen molar-refractivity contribution in [3.63, 3.8) is 0 Å². The van der Waals surface area contributed by atoms with Crippen molar-refractivity contribution in [2.45, 2.75) is 11.8 Å². The minimum atomic E-state index is -0.737. The molecule has 0 fully saturated rings. The Balaban J connectivity index is 2.87. The summed E-state index contributed by atoms with van der Waals surface area (Å²) in [5.41, 5.74) is 0.683. The minimum absolute atomic E-state index is 0.382. The Morgan fingerprint density at radius 1 is 1.47 bits per heavy atom. The van der Waals surface area contributed by atoms with Crippen LogP contribution >= 0.6 is 23.2 Å². The second-order valence-corrected chi connectivity index (χ2v) is 4.34. The van der Waals surface area contributed by atoms with Crippen LogP contribution in [0.4, 0.5) is 0 Å². The average Bonchev–Trinajstić information content (AvgIpc) is 2.73. The first-order valence-corrected chi connectivity index (χ1v) is 5.83. The molecule has 2 aromatic rings. The maximum Gasteiger partial charge on any atom is 0.184 e. The second kappa shape index (κ2) is 4.85. The van der Waals surface area contributed by atoms with Crippen LogP contribution in [0.15, 0.2) is 29.9 Å². The fraction of sp³-hybridized carbons (Fsp3) is 0.182. The summed E-state index contributed by atoms with van der Waals surface area (Å²) in [6, 6.07) is 3.66. The van der Waals surface area contributed by atoms with Crippen LogP contribution in [0.25, 0.3) is 11.7 Å². The van der Waals surface area contributed by atoms with Gasteiger partial charge < -0.3 is 0 Å². The molecule has 0 aromatic carbocycles. The van der Waals surface area contributed by atoms with Gasteiger partial charge in [0.2, 0.25) is 0 Å². The molecule has 2 aromatic heterocycles. The third-order valence-corrected chi connectivity index (χ3v) is 2.62. The van der Waals surface area contributed by atoms with Gasteiger partial charge in [0.1, 0.15) is 0 Å². The number of nitrogens with zero attached hydrogens (tertiary/aromatic N) is 4. The number of alkyl halides is 2. The number of halogens is 2. The zero-order valence-corrected chi connectivity index (χ0v) is 10.7. The first kappa shape index (κ1) is 12.1. The SMILES string of the molecule is C=C/N=c1/ccc2nc(C(Cl)Cl)nn2/c1=C/C. The maximum absolute atomic E-state index is 5.75. The molecule has 0 spiro atoms. The Kier molecular flexibility index (Phi) is 3.45. The Hall–Kier alpha value is -1.39. The number of rotatable bonds is 2. The summed E-state index contributed by atoms with van der Waals surface area (Å²) < 4.78 is 1.66. The van der Waals surface area contributed by atoms with Crippen molar-refractivity contribution in [2.75, 3.05) is 0 Å². The first-order valence-electron chi connectivity index (χ1n) is 4.96. The summed E-state index contributed by atoms with van der Waals surface area (Å²) in [7, 11) is 0. The molecule has 0 aliphatic rings. The van der Waals surface area contributed by atoms with Gasteiger partial charge in [-0.05, 0) is 19.1 Å². The van der Waals surface area contributed by atoms with Gasteiger partial charge in [-0.15, -0.1) is 5.10 Å². The van der Waals surface area contributed by atoms with Crippen LogP contribution < -0.4 is 10.7 Å². The van der Waals surface area contributed by atoms with Gasteiger partial charge in [0.15, 0.2) is 16.3 Å². The summed E-state index contributed by atoms with van der Waals surface area (Å²) in [5.74, 6) is 0.382. The highest BCUT2D eigenvalue weighted by molar-refractivity contribution is 6.43. The molecule has 0 amide bonds. The molecule has 0 saturated heterocycles. The van der Waals surface area contributed by atoms with Crippen molar-refractivity contribution in [1.29, 1.82) is 0 Å². The quantitative estimate of drug-likeness (QED) is 0.780. The fourth-order valence-electron chi connectivity index (χ4n) is 1.54. The van der Waals surface area contributed by atoms with Gasteiger partial charge in [-0.3, -0.25) is 4.99 Å². The van der Waals surface area contributed by atoms with E-state index in [1.54, 1.807) is 4.52 Å². The third kappa shape index (κ3) is 2.18. The van der Waals surface area contributed by atoms with Crippen LogP contribution in [-0.4, -0.2) is 14.6 Å². The van der Waals surface area contributed by atoms with Gasteiger partial charge in [-0.2, -0.15) is 0 Å². The van der Waals surface area contributed by atoms with Crippen LogP contribution in [-0.2, 0) is 0 Å². The van der Waals surface area contributed by atoms with E-state index in [0.29, 0.717) is 11.5 Å². The molecule has 0 saturated carbocycles. The molecule has 0 aliphatic carbocycles. The van der Waals surface area contributed by atoms with Crippen LogP contribution in [0.3, 0.4) is 0 Å². The number of hydrogen-bond donors (Lipinski definition) is 0. The molecular weight excluding hydrogens is 259 g/mol. The van der Waals surface area contributed by atoms with E-state index >= 15 is 0 Å². The van der Waals surface area contributed by atoms with Gasteiger partial charge in [-0.25, -0.2) is 9.50 Å². The van der Waals surface area contributed by atoms with E-state index in [-0.39, 0.29) is 0 Å². The summed E-state index contributed by atoms with van der Waals surface area (Å²) in [6.45, 7) is 5.48. The van der Waals surface area contributed by atoms with Crippen molar-refractivity contribution in [2.24, 2.45) is 4.99 Å². The minimum Gasteiger partial charge on any atom is -0.255 e. The summed E-state index contributed by atoms with van der Waals surface area (Å²) in [6.07, 6.45) is 3.38. The van der Waals surface area contributed by atoms with Crippen LogP contribution in [0.5, 0.6) is 0 Å². The summed E-state index contributed by atoms with van der Waals surface area (Å²) >= 11 is 11.5. The highest BCUT2D eigenvalue weighted by atomic mass is 35.5. The largest absolute Gasteiger partial charge is 0.255 e. The normalized spacial score (nSPS) is 13.9. The van der Waals surface area contributed by atoms with Crippen LogP contribution in [0.1, 0.15) is 17.6 Å². The van der Waals surface area contributed by atoms with E-state index < -0.39 is 4.84 Å². The van der Waals surface area contributed by atoms with Crippen molar-refractivity contribution < 1.29 is 0 Å². The maximum atomic E-state index is 5.75. The van der Waals surface area contributed by atoms with Crippen molar-refractivity contribution in [3.8, 4) is 0 Å². The zero-order valence-electron chi connectivity index (χ0n) is 9.14. The van der Waals surface area contributed by atoms with Gasteiger partial charge in [0.05, 0.1) is 10.7 Å². The molecule has 17 heavy (non-hydrogen) atoms. The van der Waals surface area contributed by atoms with Gasteiger partial charge in [-0.1, -0.05) is 35.9 Å². The van der Waals surface area contributed by atoms with E-state index in [1.165, 1.54) is 6.20 Å². The Morgan fingerprint density at radius 3 is 2.82 bits per heavy atom. The van der Waals surface area contributed by atoms with Crippen LogP contribution in [0, 0.1) is 0 Å². The Bertz CT molecular complexity index is 673. The first-order chi connectivity index (χ1) is 8.17. The van der Waals surface area contributed by atoms with Gasteiger partial charge in [0.25, 0.3) is 0 Å². The molecule has 2 heterocycles. The fourth-order valence-corrected chi connectivity index (χ4v) is 1.73. The molecule has 2 rings (SSSR count). The molecule has 4 nitrogen and oxygen atoms in total. The molecule has 6 heteroatoms. The third-order valence-electron chi connectivity index (χ3n) is 2.23. The number of aromatic nitrogens is 3. The molecule has 0 radical (unpaired) electrons. The van der Waals surface area contributed by atoms with E-state index in [4.69, 9.17) is 23.2 Å². The van der Waals surface area contributed by atoms with E-state index in [9.17, 15) is 0 Å². The highest BCUT2D eigenvalue weighted by Crippen LogP contribution is 2.20. The lowest BCUT2D eigenvalue weighted by Gasteiger charge is -1.93. The molecule has 88 valence electrons. The predicted molar refractivity (Wildman–Crippen MR) is 68.6 cm³/mol. The van der Waals surface area contributed by atoms with Crippen molar-refractivity contribution in [1.82, 2.24) is 14.6 Å². The number of hydrogen-bond acceptors (Lipinski definition) is 3. The summed E-state index contributed by atoms with van der Waals surface area (Å²) in [5, 5.41) is 5.84. The summed E-state index contributed by atoms with van der Waals surface area (Å²) in [4.78, 5) is 7.65. The van der Waals surface area contributed by atoms with Crippen molar-refractivity contribution in [3.05, 3.63) is 41.4 Å². The van der Waals surface area contributed by atoms with Crippen molar-refractivity contribution >= 4 is 34.9 Å². The van der Waals surface area contributed by atoms with Gasteiger partial charge >= 0.3 is 0 Å². The Morgan fingerprint density at radius 2 is 2.24 bits per heavy atom. The predicted octanol–water partition coefficient (Wildman–Crippen LogP) is 1.77. The molecule has 0 atom stereocenters. The zero-order chi connectivity index (χ0) is 12.4. The topological polar surface area (TPSA) is 42.5 Å². The molecule has 0 N–H and O–H groups in total. The Labute approximate surface area is 108 Å². The van der Waals surface area contributed by atoms with Crippen LogP contribution in [0.2, 0.25) is 0 Å². The van der Waals surface area contributed by atoms with E-state index in [0.717, 1.165) is 10.7 Å². The second-order valence-electron chi connectivity index (χ2n) is 3.24. The smallest absolute Gasteiger partial charge is 0.184 e. The van der Waals surface area contributed by atoms with E-state index in [1.807, 2.05) is 25.1 Å². The van der Waals surface area contributed by atoms with Gasteiger partial charge in [0, 0.05) is 6.20 Å². The number of fused-ring (bicyclic) bond motifs is 1. The van der Waals surface area contributed by atoms with E-state index in [2.05, 4.69) is 21.7 Å². The highest BCUT2D eigenvalue weighted by Gasteiger charge is 2.11. The molecule has 0 unspecified atom stereocenters. The lowest BCUT2D eigenvalue weighted by molar-refractivity contribution is 0.875. The average molecular weight is 269 g/mol. The number of pyridine rings is 1. The molecule has 0 aliphatic heterocycles. The molecule has 0 bridgehead atoms. The lowest BCUT2D eigenvalue weighted by atomic mass is 10.4. The monoisotopic (exact) mass is 268 g/mol. The standard InChI is InChI=1S/C11H10Cl2N4/c1-3-8-7(14-4-2)5-6-9-15-11(10(12)13)16-17(8)9/h3-6,10H,2H2,1H3/b8-3+,14-7-. The molecular formula is C11H10Cl2N4. The lowest BCUT2D eigenvalue weighted by Crippen LogP contribution is -2.31.